The molecule has 0 saturated heterocycles. The summed E-state index contributed by atoms with van der Waals surface area (Å²) in [5.74, 6) is -0.780. The molecule has 0 spiro atoms. The Bertz CT molecular complexity index is 380. The van der Waals surface area contributed by atoms with Crippen molar-refractivity contribution < 1.29 is 19.2 Å². The Hall–Kier alpha value is -1.72. The largest absolute Gasteiger partial charge is 0.356 e. The van der Waals surface area contributed by atoms with E-state index in [2.05, 4.69) is 10.6 Å². The van der Waals surface area contributed by atoms with Crippen LogP contribution in [0.4, 0.5) is 0 Å². The molecule has 0 bridgehead atoms. The highest BCUT2D eigenvalue weighted by molar-refractivity contribution is 5.98. The van der Waals surface area contributed by atoms with Crippen molar-refractivity contribution in [2.45, 2.75) is 65.3 Å². The van der Waals surface area contributed by atoms with Crippen molar-refractivity contribution in [3.05, 3.63) is 0 Å². The number of Topliss-reactive ketones (excluding diaryl/α,β-unsaturated/α-hetero) is 2. The van der Waals surface area contributed by atoms with Crippen LogP contribution < -0.4 is 10.6 Å². The van der Waals surface area contributed by atoms with Gasteiger partial charge in [0, 0.05) is 19.0 Å². The van der Waals surface area contributed by atoms with Gasteiger partial charge in [0.2, 0.25) is 11.8 Å². The molecule has 0 aromatic heterocycles. The third-order valence-corrected chi connectivity index (χ3v) is 3.01. The molecule has 6 nitrogen and oxygen atoms in total. The Kier molecular flexibility index (Phi) is 10.1. The van der Waals surface area contributed by atoms with Crippen molar-refractivity contribution >= 4 is 23.4 Å². The molecular weight excluding hydrogens is 272 g/mol. The van der Waals surface area contributed by atoms with Crippen molar-refractivity contribution in [2.24, 2.45) is 0 Å². The van der Waals surface area contributed by atoms with Gasteiger partial charge in [-0.25, -0.2) is 0 Å². The standard InChI is InChI=1S/C15H26N2O4/c1-4-12(17-15(21)9-11(3)18)7-6-8-13(19)10-14(20)16-5-2/h12H,4-10H2,1-3H3,(H,16,20)(H,17,21). The van der Waals surface area contributed by atoms with Crippen LogP contribution in [0.3, 0.4) is 0 Å². The monoisotopic (exact) mass is 298 g/mol. The highest BCUT2D eigenvalue weighted by Gasteiger charge is 2.13. The topological polar surface area (TPSA) is 92.3 Å². The smallest absolute Gasteiger partial charge is 0.227 e. The number of nitrogens with one attached hydrogen (secondary N) is 2. The predicted molar refractivity (Wildman–Crippen MR) is 79.7 cm³/mol. The molecular formula is C15H26N2O4. The zero-order chi connectivity index (χ0) is 16.3. The molecule has 0 saturated carbocycles. The van der Waals surface area contributed by atoms with Crippen molar-refractivity contribution in [1.82, 2.24) is 10.6 Å². The summed E-state index contributed by atoms with van der Waals surface area (Å²) in [5, 5.41) is 5.36. The third-order valence-electron chi connectivity index (χ3n) is 3.01. The molecule has 0 aliphatic heterocycles. The molecule has 0 heterocycles. The number of amides is 2. The SMILES string of the molecule is CCNC(=O)CC(=O)CCCC(CC)NC(=O)CC(C)=O. The van der Waals surface area contributed by atoms with Crippen molar-refractivity contribution in [2.75, 3.05) is 6.54 Å². The lowest BCUT2D eigenvalue weighted by atomic mass is 10.0. The maximum atomic E-state index is 11.6. The van der Waals surface area contributed by atoms with Gasteiger partial charge in [-0.2, -0.15) is 0 Å². The molecule has 2 N–H and O–H groups in total. The van der Waals surface area contributed by atoms with Gasteiger partial charge < -0.3 is 10.6 Å². The molecule has 0 aromatic carbocycles. The van der Waals surface area contributed by atoms with E-state index < -0.39 is 0 Å². The Morgan fingerprint density at radius 3 is 2.19 bits per heavy atom. The van der Waals surface area contributed by atoms with E-state index >= 15 is 0 Å². The van der Waals surface area contributed by atoms with E-state index in [1.54, 1.807) is 6.92 Å². The fourth-order valence-electron chi connectivity index (χ4n) is 1.96. The Morgan fingerprint density at radius 2 is 1.67 bits per heavy atom. The highest BCUT2D eigenvalue weighted by atomic mass is 16.2. The summed E-state index contributed by atoms with van der Waals surface area (Å²) in [6.45, 7) is 5.64. The van der Waals surface area contributed by atoms with Crippen LogP contribution in [0.5, 0.6) is 0 Å². The zero-order valence-electron chi connectivity index (χ0n) is 13.2. The van der Waals surface area contributed by atoms with Crippen LogP contribution in [0.25, 0.3) is 0 Å². The fourth-order valence-corrected chi connectivity index (χ4v) is 1.96. The van der Waals surface area contributed by atoms with Crippen LogP contribution in [0, 0.1) is 0 Å². The first-order valence-electron chi connectivity index (χ1n) is 7.46. The van der Waals surface area contributed by atoms with E-state index in [0.29, 0.717) is 25.8 Å². The first-order valence-corrected chi connectivity index (χ1v) is 7.46. The average molecular weight is 298 g/mol. The molecule has 1 unspecified atom stereocenters. The minimum atomic E-state index is -0.275. The first-order chi connectivity index (χ1) is 9.88. The van der Waals surface area contributed by atoms with Crippen molar-refractivity contribution in [3.8, 4) is 0 Å². The quantitative estimate of drug-likeness (QED) is 0.559. The van der Waals surface area contributed by atoms with Crippen LogP contribution in [-0.4, -0.2) is 36.0 Å². The van der Waals surface area contributed by atoms with E-state index in [4.69, 9.17) is 0 Å². The van der Waals surface area contributed by atoms with Gasteiger partial charge in [0.05, 0.1) is 12.8 Å². The number of hydrogen-bond acceptors (Lipinski definition) is 4. The lowest BCUT2D eigenvalue weighted by Gasteiger charge is -2.16. The maximum Gasteiger partial charge on any atom is 0.227 e. The zero-order valence-corrected chi connectivity index (χ0v) is 13.2. The van der Waals surface area contributed by atoms with E-state index in [-0.39, 0.29) is 42.3 Å². The Morgan fingerprint density at radius 1 is 1.00 bits per heavy atom. The van der Waals surface area contributed by atoms with Crippen LogP contribution in [0.2, 0.25) is 0 Å². The van der Waals surface area contributed by atoms with Crippen LogP contribution in [0.1, 0.15) is 59.3 Å². The van der Waals surface area contributed by atoms with Crippen molar-refractivity contribution in [1.29, 1.82) is 0 Å². The molecule has 1 atom stereocenters. The molecule has 0 aromatic rings. The highest BCUT2D eigenvalue weighted by Crippen LogP contribution is 2.06. The van der Waals surface area contributed by atoms with E-state index in [9.17, 15) is 19.2 Å². The molecule has 2 amide bonds. The molecule has 120 valence electrons. The second-order valence-corrected chi connectivity index (χ2v) is 5.11. The van der Waals surface area contributed by atoms with E-state index in [1.807, 2.05) is 6.92 Å². The number of hydrogen-bond donors (Lipinski definition) is 2. The second-order valence-electron chi connectivity index (χ2n) is 5.11. The van der Waals surface area contributed by atoms with Gasteiger partial charge in [0.1, 0.15) is 11.6 Å². The molecule has 0 fully saturated rings. The summed E-state index contributed by atoms with van der Waals surface area (Å²) in [7, 11) is 0. The number of rotatable bonds is 11. The summed E-state index contributed by atoms with van der Waals surface area (Å²) in [4.78, 5) is 45.1. The first kappa shape index (κ1) is 19.3. The van der Waals surface area contributed by atoms with Crippen molar-refractivity contribution in [3.63, 3.8) is 0 Å². The lowest BCUT2D eigenvalue weighted by Crippen LogP contribution is -2.35. The van der Waals surface area contributed by atoms with Gasteiger partial charge >= 0.3 is 0 Å². The maximum absolute atomic E-state index is 11.6. The molecule has 0 rings (SSSR count). The molecule has 0 radical (unpaired) electrons. The summed E-state index contributed by atoms with van der Waals surface area (Å²) in [5.41, 5.74) is 0. The Labute approximate surface area is 126 Å². The molecule has 6 heteroatoms. The summed E-state index contributed by atoms with van der Waals surface area (Å²) >= 11 is 0. The van der Waals surface area contributed by atoms with Gasteiger partial charge in [-0.05, 0) is 33.1 Å². The summed E-state index contributed by atoms with van der Waals surface area (Å²) in [6.07, 6.45) is 2.18. The van der Waals surface area contributed by atoms with Crippen LogP contribution >= 0.6 is 0 Å². The van der Waals surface area contributed by atoms with Gasteiger partial charge in [0.25, 0.3) is 0 Å². The number of carbonyl (C=O) groups is 4. The van der Waals surface area contributed by atoms with Gasteiger partial charge in [-0.1, -0.05) is 6.92 Å². The number of ketones is 2. The lowest BCUT2D eigenvalue weighted by molar-refractivity contribution is -0.129. The fraction of sp³-hybridized carbons (Fsp3) is 0.733. The average Bonchev–Trinajstić information content (AvgIpc) is 2.36. The summed E-state index contributed by atoms with van der Waals surface area (Å²) < 4.78 is 0. The van der Waals surface area contributed by atoms with Crippen LogP contribution in [-0.2, 0) is 19.2 Å². The second kappa shape index (κ2) is 11.0. The predicted octanol–water partition coefficient (Wildman–Crippen LogP) is 1.13. The Balaban J connectivity index is 3.95. The molecule has 21 heavy (non-hydrogen) atoms. The number of carbonyl (C=O) groups excluding carboxylic acids is 4. The van der Waals surface area contributed by atoms with E-state index in [1.165, 1.54) is 6.92 Å². The minimum Gasteiger partial charge on any atom is -0.356 e. The van der Waals surface area contributed by atoms with Crippen LogP contribution in [0.15, 0.2) is 0 Å². The van der Waals surface area contributed by atoms with Gasteiger partial charge in [-0.15, -0.1) is 0 Å². The summed E-state index contributed by atoms with van der Waals surface area (Å²) in [6, 6.07) is -0.0332. The molecule has 0 aliphatic rings. The normalized spacial score (nSPS) is 11.6. The molecule has 0 aliphatic carbocycles. The third kappa shape index (κ3) is 10.7. The van der Waals surface area contributed by atoms with E-state index in [0.717, 1.165) is 6.42 Å². The van der Waals surface area contributed by atoms with Gasteiger partial charge in [0.15, 0.2) is 0 Å². The minimum absolute atomic E-state index is 0.0332. The van der Waals surface area contributed by atoms with Gasteiger partial charge in [-0.3, -0.25) is 19.2 Å².